The zero-order valence-corrected chi connectivity index (χ0v) is 9.00. The van der Waals surface area contributed by atoms with Crippen molar-refractivity contribution >= 4 is 0 Å². The van der Waals surface area contributed by atoms with Crippen molar-refractivity contribution in [2.75, 3.05) is 0 Å². The molecule has 1 aliphatic carbocycles. The van der Waals surface area contributed by atoms with Crippen LogP contribution in [0.1, 0.15) is 39.5 Å². The van der Waals surface area contributed by atoms with E-state index in [0.29, 0.717) is 0 Å². The highest BCUT2D eigenvalue weighted by Crippen LogP contribution is 2.41. The molecule has 0 nitrogen and oxygen atoms in total. The quantitative estimate of drug-likeness (QED) is 0.535. The van der Waals surface area contributed by atoms with Gasteiger partial charge in [0.1, 0.15) is 0 Å². The Kier molecular flexibility index (Phi) is 4.27. The SMILES string of the molecule is C=C/C=C\CC(CC(C)C)C1CC1. The van der Waals surface area contributed by atoms with Crippen LogP contribution in [0.5, 0.6) is 0 Å². The van der Waals surface area contributed by atoms with Crippen LogP contribution in [0.25, 0.3) is 0 Å². The van der Waals surface area contributed by atoms with Crippen molar-refractivity contribution in [1.29, 1.82) is 0 Å². The average Bonchev–Trinajstić information content (AvgIpc) is 2.84. The van der Waals surface area contributed by atoms with Crippen LogP contribution >= 0.6 is 0 Å². The molecule has 0 bridgehead atoms. The van der Waals surface area contributed by atoms with Crippen LogP contribution in [0, 0.1) is 17.8 Å². The van der Waals surface area contributed by atoms with E-state index in [-0.39, 0.29) is 0 Å². The van der Waals surface area contributed by atoms with Gasteiger partial charge >= 0.3 is 0 Å². The van der Waals surface area contributed by atoms with E-state index in [2.05, 4.69) is 32.6 Å². The van der Waals surface area contributed by atoms with Gasteiger partial charge in [0.05, 0.1) is 0 Å². The Morgan fingerprint density at radius 2 is 2.08 bits per heavy atom. The van der Waals surface area contributed by atoms with Crippen molar-refractivity contribution in [2.45, 2.75) is 39.5 Å². The fraction of sp³-hybridized carbons (Fsp3) is 0.692. The summed E-state index contributed by atoms with van der Waals surface area (Å²) in [6.45, 7) is 8.34. The predicted octanol–water partition coefficient (Wildman–Crippen LogP) is 4.19. The first-order valence-electron chi connectivity index (χ1n) is 5.51. The molecule has 0 aromatic carbocycles. The van der Waals surface area contributed by atoms with Gasteiger partial charge in [-0.3, -0.25) is 0 Å². The molecule has 0 radical (unpaired) electrons. The third kappa shape index (κ3) is 4.31. The number of rotatable bonds is 6. The molecule has 1 rings (SSSR count). The molecule has 13 heavy (non-hydrogen) atoms. The maximum Gasteiger partial charge on any atom is -0.0316 e. The molecular formula is C13H22. The van der Waals surface area contributed by atoms with Crippen molar-refractivity contribution in [3.8, 4) is 0 Å². The Labute approximate surface area is 82.7 Å². The van der Waals surface area contributed by atoms with Gasteiger partial charge in [0.25, 0.3) is 0 Å². The Balaban J connectivity index is 2.29. The predicted molar refractivity (Wildman–Crippen MR) is 59.6 cm³/mol. The van der Waals surface area contributed by atoms with Gasteiger partial charge in [0, 0.05) is 0 Å². The van der Waals surface area contributed by atoms with Gasteiger partial charge < -0.3 is 0 Å². The zero-order valence-electron chi connectivity index (χ0n) is 9.00. The van der Waals surface area contributed by atoms with Gasteiger partial charge in [0.2, 0.25) is 0 Å². The van der Waals surface area contributed by atoms with Crippen molar-refractivity contribution < 1.29 is 0 Å². The van der Waals surface area contributed by atoms with Crippen LogP contribution < -0.4 is 0 Å². The van der Waals surface area contributed by atoms with Gasteiger partial charge in [-0.05, 0) is 43.4 Å². The Morgan fingerprint density at radius 1 is 1.38 bits per heavy atom. The Bertz CT molecular complexity index is 172. The molecule has 0 aromatic heterocycles. The summed E-state index contributed by atoms with van der Waals surface area (Å²) in [6.07, 6.45) is 11.8. The molecule has 0 aromatic rings. The Morgan fingerprint density at radius 3 is 2.54 bits per heavy atom. The number of allylic oxidation sites excluding steroid dienone is 3. The van der Waals surface area contributed by atoms with Gasteiger partial charge in [-0.1, -0.05) is 38.7 Å². The topological polar surface area (TPSA) is 0 Å². The molecule has 1 atom stereocenters. The van der Waals surface area contributed by atoms with Crippen LogP contribution in [0.4, 0.5) is 0 Å². The van der Waals surface area contributed by atoms with Gasteiger partial charge in [-0.25, -0.2) is 0 Å². The van der Waals surface area contributed by atoms with E-state index in [1.165, 1.54) is 25.7 Å². The highest BCUT2D eigenvalue weighted by atomic mass is 14.4. The maximum absolute atomic E-state index is 3.69. The van der Waals surface area contributed by atoms with Crippen LogP contribution in [-0.2, 0) is 0 Å². The zero-order chi connectivity index (χ0) is 9.68. The molecule has 0 N–H and O–H groups in total. The first kappa shape index (κ1) is 10.6. The smallest absolute Gasteiger partial charge is 0.0316 e. The second-order valence-corrected chi connectivity index (χ2v) is 4.63. The molecule has 1 aliphatic rings. The van der Waals surface area contributed by atoms with Crippen molar-refractivity contribution in [3.05, 3.63) is 24.8 Å². The molecule has 74 valence electrons. The van der Waals surface area contributed by atoms with E-state index in [4.69, 9.17) is 0 Å². The molecular weight excluding hydrogens is 156 g/mol. The van der Waals surface area contributed by atoms with Crippen molar-refractivity contribution in [2.24, 2.45) is 17.8 Å². The molecule has 0 heteroatoms. The number of hydrogen-bond acceptors (Lipinski definition) is 0. The van der Waals surface area contributed by atoms with Gasteiger partial charge in [-0.2, -0.15) is 0 Å². The standard InChI is InChI=1S/C13H22/c1-4-5-6-7-13(10-11(2)3)12-8-9-12/h4-6,11-13H,1,7-10H2,2-3H3/b6-5-. The van der Waals surface area contributed by atoms with Crippen LogP contribution in [0.15, 0.2) is 24.8 Å². The third-order valence-electron chi connectivity index (χ3n) is 2.77. The minimum atomic E-state index is 0.850. The molecule has 1 saturated carbocycles. The third-order valence-corrected chi connectivity index (χ3v) is 2.77. The van der Waals surface area contributed by atoms with E-state index >= 15 is 0 Å². The summed E-state index contributed by atoms with van der Waals surface area (Å²) in [5.41, 5.74) is 0. The summed E-state index contributed by atoms with van der Waals surface area (Å²) >= 11 is 0. The molecule has 0 saturated heterocycles. The second-order valence-electron chi connectivity index (χ2n) is 4.63. The minimum Gasteiger partial charge on any atom is -0.0991 e. The molecule has 0 aliphatic heterocycles. The maximum atomic E-state index is 3.69. The molecule has 1 fully saturated rings. The van der Waals surface area contributed by atoms with Crippen molar-refractivity contribution in [1.82, 2.24) is 0 Å². The summed E-state index contributed by atoms with van der Waals surface area (Å²) < 4.78 is 0. The lowest BCUT2D eigenvalue weighted by atomic mass is 9.90. The Hall–Kier alpha value is -0.520. The lowest BCUT2D eigenvalue weighted by Gasteiger charge is -2.16. The first-order valence-corrected chi connectivity index (χ1v) is 5.51. The first-order chi connectivity index (χ1) is 6.24. The fourth-order valence-electron chi connectivity index (χ4n) is 2.00. The van der Waals surface area contributed by atoms with Gasteiger partial charge in [-0.15, -0.1) is 0 Å². The normalized spacial score (nSPS) is 19.6. The monoisotopic (exact) mass is 178 g/mol. The van der Waals surface area contributed by atoms with Crippen LogP contribution in [0.2, 0.25) is 0 Å². The molecule has 1 unspecified atom stereocenters. The van der Waals surface area contributed by atoms with E-state index in [0.717, 1.165) is 17.8 Å². The lowest BCUT2D eigenvalue weighted by molar-refractivity contribution is 0.371. The highest BCUT2D eigenvalue weighted by Gasteiger charge is 2.30. The lowest BCUT2D eigenvalue weighted by Crippen LogP contribution is -2.05. The largest absolute Gasteiger partial charge is 0.0991 e. The summed E-state index contributed by atoms with van der Waals surface area (Å²) in [5.74, 6) is 2.83. The van der Waals surface area contributed by atoms with Crippen molar-refractivity contribution in [3.63, 3.8) is 0 Å². The van der Waals surface area contributed by atoms with E-state index in [9.17, 15) is 0 Å². The van der Waals surface area contributed by atoms with E-state index < -0.39 is 0 Å². The highest BCUT2D eigenvalue weighted by molar-refractivity contribution is 4.99. The molecule has 0 spiro atoms. The second kappa shape index (κ2) is 5.26. The summed E-state index contributed by atoms with van der Waals surface area (Å²) in [5, 5.41) is 0. The summed E-state index contributed by atoms with van der Waals surface area (Å²) in [7, 11) is 0. The van der Waals surface area contributed by atoms with Crippen LogP contribution in [-0.4, -0.2) is 0 Å². The number of hydrogen-bond donors (Lipinski definition) is 0. The summed E-state index contributed by atoms with van der Waals surface area (Å²) in [6, 6.07) is 0. The van der Waals surface area contributed by atoms with Gasteiger partial charge in [0.15, 0.2) is 0 Å². The van der Waals surface area contributed by atoms with Crippen LogP contribution in [0.3, 0.4) is 0 Å². The van der Waals surface area contributed by atoms with E-state index in [1.54, 1.807) is 0 Å². The summed E-state index contributed by atoms with van der Waals surface area (Å²) in [4.78, 5) is 0. The minimum absolute atomic E-state index is 0.850. The van der Waals surface area contributed by atoms with E-state index in [1.807, 2.05) is 6.08 Å². The molecule has 0 heterocycles. The molecule has 0 amide bonds. The average molecular weight is 178 g/mol. The fourth-order valence-corrected chi connectivity index (χ4v) is 2.00.